The van der Waals surface area contributed by atoms with Gasteiger partial charge in [-0.2, -0.15) is 13.2 Å². The van der Waals surface area contributed by atoms with E-state index in [4.69, 9.17) is 0 Å². The van der Waals surface area contributed by atoms with Gasteiger partial charge in [0.05, 0.1) is 11.3 Å². The molecule has 0 saturated heterocycles. The first-order valence-electron chi connectivity index (χ1n) is 7.79. The fourth-order valence-corrected chi connectivity index (χ4v) is 3.56. The van der Waals surface area contributed by atoms with E-state index < -0.39 is 38.5 Å². The number of carbonyl (C=O) groups excluding carboxylic acids is 1. The smallest absolute Gasteiger partial charge is 0.351 e. The Balaban J connectivity index is 2.00. The third-order valence-electron chi connectivity index (χ3n) is 3.87. The zero-order valence-corrected chi connectivity index (χ0v) is 14.8. The van der Waals surface area contributed by atoms with Crippen LogP contribution in [0.1, 0.15) is 23.6 Å². The first-order chi connectivity index (χ1) is 12.1. The van der Waals surface area contributed by atoms with Gasteiger partial charge in [0, 0.05) is 6.54 Å². The molecule has 0 aliphatic rings. The SMILES string of the molecule is C[C@H](C(=O)NCc1ccccc1)S(=O)(=O)Cc1ccc(C(F)(F)F)cc1. The lowest BCUT2D eigenvalue weighted by molar-refractivity contribution is -0.137. The molecule has 2 aromatic carbocycles. The monoisotopic (exact) mass is 385 g/mol. The molecular formula is C18H18F3NO3S. The molecule has 0 aromatic heterocycles. The molecular weight excluding hydrogens is 367 g/mol. The first-order valence-corrected chi connectivity index (χ1v) is 9.50. The molecule has 2 rings (SSSR count). The van der Waals surface area contributed by atoms with Crippen molar-refractivity contribution in [2.45, 2.75) is 30.6 Å². The summed E-state index contributed by atoms with van der Waals surface area (Å²) in [6, 6.07) is 12.9. The molecule has 0 aliphatic carbocycles. The quantitative estimate of drug-likeness (QED) is 0.830. The average Bonchev–Trinajstić information content (AvgIpc) is 2.59. The zero-order chi connectivity index (χ0) is 19.4. The van der Waals surface area contributed by atoms with E-state index in [0.29, 0.717) is 0 Å². The zero-order valence-electron chi connectivity index (χ0n) is 14.0. The van der Waals surface area contributed by atoms with Crippen LogP contribution in [0, 0.1) is 0 Å². The molecule has 0 heterocycles. The number of alkyl halides is 3. The van der Waals surface area contributed by atoms with E-state index >= 15 is 0 Å². The number of halogens is 3. The molecule has 0 bridgehead atoms. The van der Waals surface area contributed by atoms with Gasteiger partial charge in [0.2, 0.25) is 5.91 Å². The van der Waals surface area contributed by atoms with Crippen molar-refractivity contribution >= 4 is 15.7 Å². The molecule has 4 nitrogen and oxygen atoms in total. The van der Waals surface area contributed by atoms with E-state index in [2.05, 4.69) is 5.32 Å². The normalized spacial score (nSPS) is 13.2. The van der Waals surface area contributed by atoms with Crippen LogP contribution in [0.15, 0.2) is 54.6 Å². The summed E-state index contributed by atoms with van der Waals surface area (Å²) in [5.74, 6) is -1.16. The number of carbonyl (C=O) groups is 1. The molecule has 1 atom stereocenters. The second-order valence-corrected chi connectivity index (χ2v) is 8.17. The van der Waals surface area contributed by atoms with Crippen LogP contribution in [0.4, 0.5) is 13.2 Å². The van der Waals surface area contributed by atoms with Crippen LogP contribution >= 0.6 is 0 Å². The number of nitrogens with one attached hydrogen (secondary N) is 1. The van der Waals surface area contributed by atoms with Gasteiger partial charge in [0.15, 0.2) is 9.84 Å². The van der Waals surface area contributed by atoms with Crippen molar-refractivity contribution in [3.63, 3.8) is 0 Å². The van der Waals surface area contributed by atoms with E-state index in [0.717, 1.165) is 29.8 Å². The first kappa shape index (κ1) is 20.0. The molecule has 1 amide bonds. The summed E-state index contributed by atoms with van der Waals surface area (Å²) in [6.07, 6.45) is -4.48. The number of benzene rings is 2. The highest BCUT2D eigenvalue weighted by Crippen LogP contribution is 2.29. The van der Waals surface area contributed by atoms with Gasteiger partial charge in [-0.25, -0.2) is 8.42 Å². The maximum absolute atomic E-state index is 12.5. The number of hydrogen-bond acceptors (Lipinski definition) is 3. The molecule has 0 unspecified atom stereocenters. The Hall–Kier alpha value is -2.35. The molecule has 0 radical (unpaired) electrons. The highest BCUT2D eigenvalue weighted by atomic mass is 32.2. The summed E-state index contributed by atoms with van der Waals surface area (Å²) in [6.45, 7) is 1.46. The highest BCUT2D eigenvalue weighted by molar-refractivity contribution is 7.92. The van der Waals surface area contributed by atoms with Crippen molar-refractivity contribution in [3.05, 3.63) is 71.3 Å². The van der Waals surface area contributed by atoms with Gasteiger partial charge in [-0.05, 0) is 30.2 Å². The summed E-state index contributed by atoms with van der Waals surface area (Å²) in [5.41, 5.74) is 0.168. The lowest BCUT2D eigenvalue weighted by Crippen LogP contribution is -2.38. The Labute approximate surface area is 150 Å². The van der Waals surface area contributed by atoms with Crippen molar-refractivity contribution in [1.29, 1.82) is 0 Å². The summed E-state index contributed by atoms with van der Waals surface area (Å²) >= 11 is 0. The van der Waals surface area contributed by atoms with Crippen LogP contribution in [0.3, 0.4) is 0 Å². The van der Waals surface area contributed by atoms with E-state index in [9.17, 15) is 26.4 Å². The van der Waals surface area contributed by atoms with Crippen LogP contribution in [0.2, 0.25) is 0 Å². The summed E-state index contributed by atoms with van der Waals surface area (Å²) in [4.78, 5) is 12.1. The third-order valence-corrected chi connectivity index (χ3v) is 5.89. The van der Waals surface area contributed by atoms with Gasteiger partial charge >= 0.3 is 6.18 Å². The molecule has 0 aliphatic heterocycles. The van der Waals surface area contributed by atoms with E-state index in [1.165, 1.54) is 6.92 Å². The van der Waals surface area contributed by atoms with Crippen LogP contribution in [0.25, 0.3) is 0 Å². The van der Waals surface area contributed by atoms with Crippen LogP contribution in [-0.2, 0) is 33.1 Å². The number of sulfone groups is 1. The molecule has 8 heteroatoms. The molecule has 1 N–H and O–H groups in total. The van der Waals surface area contributed by atoms with Gasteiger partial charge < -0.3 is 5.32 Å². The second kappa shape index (κ2) is 7.90. The Morgan fingerprint density at radius 3 is 2.12 bits per heavy atom. The number of rotatable bonds is 6. The Kier molecular flexibility index (Phi) is 6.07. The largest absolute Gasteiger partial charge is 0.416 e. The van der Waals surface area contributed by atoms with E-state index in [1.807, 2.05) is 6.07 Å². The van der Waals surface area contributed by atoms with E-state index in [-0.39, 0.29) is 12.1 Å². The Morgan fingerprint density at radius 2 is 1.58 bits per heavy atom. The maximum Gasteiger partial charge on any atom is 0.416 e. The minimum Gasteiger partial charge on any atom is -0.351 e. The van der Waals surface area contributed by atoms with Gasteiger partial charge in [0.25, 0.3) is 0 Å². The minimum absolute atomic E-state index is 0.194. The third kappa shape index (κ3) is 5.32. The highest BCUT2D eigenvalue weighted by Gasteiger charge is 2.31. The van der Waals surface area contributed by atoms with Crippen molar-refractivity contribution in [3.8, 4) is 0 Å². The van der Waals surface area contributed by atoms with Gasteiger partial charge in [0.1, 0.15) is 5.25 Å². The fraction of sp³-hybridized carbons (Fsp3) is 0.278. The average molecular weight is 385 g/mol. The van der Waals surface area contributed by atoms with Crippen LogP contribution < -0.4 is 5.32 Å². The van der Waals surface area contributed by atoms with Crippen molar-refractivity contribution in [1.82, 2.24) is 5.32 Å². The Bertz CT molecular complexity index is 848. The van der Waals surface area contributed by atoms with Crippen molar-refractivity contribution < 1.29 is 26.4 Å². The van der Waals surface area contributed by atoms with Gasteiger partial charge in [-0.3, -0.25) is 4.79 Å². The Morgan fingerprint density at radius 1 is 1.00 bits per heavy atom. The van der Waals surface area contributed by atoms with E-state index in [1.54, 1.807) is 24.3 Å². The summed E-state index contributed by atoms with van der Waals surface area (Å²) in [7, 11) is -3.86. The molecule has 0 spiro atoms. The minimum atomic E-state index is -4.48. The standard InChI is InChI=1S/C18H18F3NO3S/c1-13(17(23)22-11-14-5-3-2-4-6-14)26(24,25)12-15-7-9-16(10-8-15)18(19,20)21/h2-10,13H,11-12H2,1H3,(H,22,23)/t13-/m1/s1. The predicted molar refractivity (Wildman–Crippen MR) is 91.8 cm³/mol. The second-order valence-electron chi connectivity index (χ2n) is 5.85. The van der Waals surface area contributed by atoms with Crippen molar-refractivity contribution in [2.24, 2.45) is 0 Å². The van der Waals surface area contributed by atoms with Crippen LogP contribution in [-0.4, -0.2) is 19.6 Å². The van der Waals surface area contributed by atoms with Gasteiger partial charge in [-0.15, -0.1) is 0 Å². The molecule has 140 valence electrons. The van der Waals surface area contributed by atoms with Crippen LogP contribution in [0.5, 0.6) is 0 Å². The lowest BCUT2D eigenvalue weighted by atomic mass is 10.1. The topological polar surface area (TPSA) is 63.2 Å². The maximum atomic E-state index is 12.5. The number of amides is 1. The fourth-order valence-electron chi connectivity index (χ4n) is 2.24. The summed E-state index contributed by atoms with van der Waals surface area (Å²) in [5, 5.41) is 1.24. The molecule has 2 aromatic rings. The number of hydrogen-bond donors (Lipinski definition) is 1. The predicted octanol–water partition coefficient (Wildman–Crippen LogP) is 3.33. The lowest BCUT2D eigenvalue weighted by Gasteiger charge is -2.14. The molecule has 0 fully saturated rings. The molecule has 0 saturated carbocycles. The summed E-state index contributed by atoms with van der Waals surface area (Å²) < 4.78 is 62.3. The molecule has 26 heavy (non-hydrogen) atoms. The van der Waals surface area contributed by atoms with Gasteiger partial charge in [-0.1, -0.05) is 42.5 Å². The van der Waals surface area contributed by atoms with Crippen molar-refractivity contribution in [2.75, 3.05) is 0 Å².